The standard InChI is InChI=1S/C19H26N2O3/c1-14(2)12-21(3)18(22)16-10-7-11-17(20-16)19(23)24-13-15-8-5-4-6-9-15/h4-5,7,10-11,14-15H,6,8-9,12-13H2,1-3H3/t15-/m1/s1. The largest absolute Gasteiger partial charge is 0.461 e. The van der Waals surface area contributed by atoms with Crippen LogP contribution in [-0.2, 0) is 4.74 Å². The number of pyridine rings is 1. The smallest absolute Gasteiger partial charge is 0.356 e. The van der Waals surface area contributed by atoms with E-state index in [9.17, 15) is 9.59 Å². The van der Waals surface area contributed by atoms with Crippen molar-refractivity contribution in [3.63, 3.8) is 0 Å². The molecule has 1 aliphatic carbocycles. The van der Waals surface area contributed by atoms with E-state index in [4.69, 9.17) is 4.74 Å². The zero-order valence-electron chi connectivity index (χ0n) is 14.7. The third-order valence-electron chi connectivity index (χ3n) is 3.99. The summed E-state index contributed by atoms with van der Waals surface area (Å²) in [4.78, 5) is 30.4. The van der Waals surface area contributed by atoms with Gasteiger partial charge in [0.2, 0.25) is 0 Å². The predicted octanol–water partition coefficient (Wildman–Crippen LogP) is 3.32. The molecule has 0 radical (unpaired) electrons. The highest BCUT2D eigenvalue weighted by Gasteiger charge is 2.18. The van der Waals surface area contributed by atoms with Crippen LogP contribution in [0.25, 0.3) is 0 Å². The van der Waals surface area contributed by atoms with Gasteiger partial charge in [-0.2, -0.15) is 0 Å². The van der Waals surface area contributed by atoms with Gasteiger partial charge in [-0.05, 0) is 43.2 Å². The lowest BCUT2D eigenvalue weighted by Crippen LogP contribution is -2.31. The van der Waals surface area contributed by atoms with Gasteiger partial charge in [0.25, 0.3) is 5.91 Å². The maximum absolute atomic E-state index is 12.4. The third kappa shape index (κ3) is 5.18. The summed E-state index contributed by atoms with van der Waals surface area (Å²) in [6.07, 6.45) is 7.30. The maximum atomic E-state index is 12.4. The van der Waals surface area contributed by atoms with Crippen molar-refractivity contribution in [3.05, 3.63) is 41.7 Å². The summed E-state index contributed by atoms with van der Waals surface area (Å²) in [5.74, 6) is 0.0964. The molecule has 0 spiro atoms. The number of ether oxygens (including phenoxy) is 1. The lowest BCUT2D eigenvalue weighted by Gasteiger charge is -2.19. The molecule has 1 amide bonds. The molecule has 0 N–H and O–H groups in total. The topological polar surface area (TPSA) is 59.5 Å². The van der Waals surface area contributed by atoms with Crippen molar-refractivity contribution in [2.75, 3.05) is 20.2 Å². The van der Waals surface area contributed by atoms with Crippen LogP contribution in [0.5, 0.6) is 0 Å². The highest BCUT2D eigenvalue weighted by Crippen LogP contribution is 2.18. The van der Waals surface area contributed by atoms with Gasteiger partial charge >= 0.3 is 5.97 Å². The summed E-state index contributed by atoms with van der Waals surface area (Å²) in [6.45, 7) is 5.14. The van der Waals surface area contributed by atoms with Crippen molar-refractivity contribution in [3.8, 4) is 0 Å². The van der Waals surface area contributed by atoms with E-state index < -0.39 is 5.97 Å². The van der Waals surface area contributed by atoms with E-state index in [0.29, 0.717) is 25.0 Å². The Balaban J connectivity index is 1.97. The first-order valence-corrected chi connectivity index (χ1v) is 8.52. The highest BCUT2D eigenvalue weighted by molar-refractivity contribution is 5.94. The molecular formula is C19H26N2O3. The number of hydrogen-bond donors (Lipinski definition) is 0. The number of allylic oxidation sites excluding steroid dienone is 2. The SMILES string of the molecule is CC(C)CN(C)C(=O)c1cccc(C(=O)OC[C@@H]2CC=CCC2)n1. The average Bonchev–Trinajstić information content (AvgIpc) is 2.59. The van der Waals surface area contributed by atoms with E-state index >= 15 is 0 Å². The molecule has 0 fully saturated rings. The summed E-state index contributed by atoms with van der Waals surface area (Å²) < 4.78 is 5.37. The Morgan fingerprint density at radius 1 is 1.29 bits per heavy atom. The van der Waals surface area contributed by atoms with Gasteiger partial charge in [-0.15, -0.1) is 0 Å². The first-order valence-electron chi connectivity index (χ1n) is 8.52. The second kappa shape index (κ2) is 8.62. The van der Waals surface area contributed by atoms with Gasteiger partial charge in [0.15, 0.2) is 0 Å². The molecule has 0 aliphatic heterocycles. The van der Waals surface area contributed by atoms with Crippen LogP contribution in [-0.4, -0.2) is 42.0 Å². The Hall–Kier alpha value is -2.17. The van der Waals surface area contributed by atoms with Crippen molar-refractivity contribution in [2.24, 2.45) is 11.8 Å². The summed E-state index contributed by atoms with van der Waals surface area (Å²) >= 11 is 0. The quantitative estimate of drug-likeness (QED) is 0.593. The van der Waals surface area contributed by atoms with Crippen molar-refractivity contribution < 1.29 is 14.3 Å². The lowest BCUT2D eigenvalue weighted by molar-refractivity contribution is 0.0425. The zero-order valence-corrected chi connectivity index (χ0v) is 14.7. The van der Waals surface area contributed by atoms with E-state index in [1.807, 2.05) is 13.8 Å². The molecule has 2 rings (SSSR count). The normalized spacial score (nSPS) is 16.9. The molecule has 1 aliphatic rings. The number of esters is 1. The van der Waals surface area contributed by atoms with Gasteiger partial charge < -0.3 is 9.64 Å². The van der Waals surface area contributed by atoms with Crippen molar-refractivity contribution >= 4 is 11.9 Å². The number of amides is 1. The molecular weight excluding hydrogens is 304 g/mol. The molecule has 1 heterocycles. The van der Waals surface area contributed by atoms with Crippen molar-refractivity contribution in [1.29, 1.82) is 0 Å². The number of hydrogen-bond acceptors (Lipinski definition) is 4. The van der Waals surface area contributed by atoms with E-state index in [-0.39, 0.29) is 17.3 Å². The minimum absolute atomic E-state index is 0.184. The number of nitrogens with zero attached hydrogens (tertiary/aromatic N) is 2. The van der Waals surface area contributed by atoms with Gasteiger partial charge in [-0.1, -0.05) is 32.1 Å². The van der Waals surface area contributed by atoms with Crippen LogP contribution in [0.2, 0.25) is 0 Å². The molecule has 5 nitrogen and oxygen atoms in total. The first kappa shape index (κ1) is 18.2. The number of carbonyl (C=O) groups excluding carboxylic acids is 2. The van der Waals surface area contributed by atoms with Crippen LogP contribution in [0, 0.1) is 11.8 Å². The summed E-state index contributed by atoms with van der Waals surface area (Å²) in [5.41, 5.74) is 0.457. The first-order chi connectivity index (χ1) is 11.5. The lowest BCUT2D eigenvalue weighted by atomic mass is 9.95. The van der Waals surface area contributed by atoms with Crippen LogP contribution in [0.1, 0.15) is 54.1 Å². The number of aromatic nitrogens is 1. The number of rotatable bonds is 6. The van der Waals surface area contributed by atoms with E-state index in [2.05, 4.69) is 17.1 Å². The molecule has 24 heavy (non-hydrogen) atoms. The highest BCUT2D eigenvalue weighted by atomic mass is 16.5. The van der Waals surface area contributed by atoms with Gasteiger partial charge in [0.1, 0.15) is 11.4 Å². The fourth-order valence-corrected chi connectivity index (χ4v) is 2.77. The van der Waals surface area contributed by atoms with E-state index in [0.717, 1.165) is 19.3 Å². The Labute approximate surface area is 143 Å². The summed E-state index contributed by atoms with van der Waals surface area (Å²) in [7, 11) is 1.74. The summed E-state index contributed by atoms with van der Waals surface area (Å²) in [6, 6.07) is 4.88. The van der Waals surface area contributed by atoms with Gasteiger partial charge in [0, 0.05) is 13.6 Å². The number of carbonyl (C=O) groups is 2. The molecule has 1 aromatic rings. The Morgan fingerprint density at radius 3 is 2.71 bits per heavy atom. The molecule has 0 aromatic carbocycles. The molecule has 5 heteroatoms. The van der Waals surface area contributed by atoms with Crippen LogP contribution in [0.15, 0.2) is 30.4 Å². The molecule has 0 saturated heterocycles. The fourth-order valence-electron chi connectivity index (χ4n) is 2.77. The van der Waals surface area contributed by atoms with Gasteiger partial charge in [0.05, 0.1) is 6.61 Å². The predicted molar refractivity (Wildman–Crippen MR) is 92.8 cm³/mol. The zero-order chi connectivity index (χ0) is 17.5. The molecule has 0 unspecified atom stereocenters. The summed E-state index contributed by atoms with van der Waals surface area (Å²) in [5, 5.41) is 0. The minimum atomic E-state index is -0.467. The molecule has 0 saturated carbocycles. The van der Waals surface area contributed by atoms with Crippen LogP contribution in [0.4, 0.5) is 0 Å². The molecule has 1 atom stereocenters. The van der Waals surface area contributed by atoms with Crippen molar-refractivity contribution in [1.82, 2.24) is 9.88 Å². The fraction of sp³-hybridized carbons (Fsp3) is 0.526. The second-order valence-corrected chi connectivity index (χ2v) is 6.74. The molecule has 0 bridgehead atoms. The second-order valence-electron chi connectivity index (χ2n) is 6.74. The monoisotopic (exact) mass is 330 g/mol. The third-order valence-corrected chi connectivity index (χ3v) is 3.99. The molecule has 1 aromatic heterocycles. The van der Waals surface area contributed by atoms with Crippen LogP contribution in [0.3, 0.4) is 0 Å². The average molecular weight is 330 g/mol. The van der Waals surface area contributed by atoms with Crippen molar-refractivity contribution in [2.45, 2.75) is 33.1 Å². The minimum Gasteiger partial charge on any atom is -0.461 e. The van der Waals surface area contributed by atoms with Crippen LogP contribution >= 0.6 is 0 Å². The molecule has 130 valence electrons. The van der Waals surface area contributed by atoms with E-state index in [1.54, 1.807) is 30.1 Å². The maximum Gasteiger partial charge on any atom is 0.356 e. The van der Waals surface area contributed by atoms with Crippen LogP contribution < -0.4 is 0 Å². The van der Waals surface area contributed by atoms with Gasteiger partial charge in [-0.25, -0.2) is 9.78 Å². The Bertz CT molecular complexity index is 610. The Morgan fingerprint density at radius 2 is 2.04 bits per heavy atom. The van der Waals surface area contributed by atoms with Gasteiger partial charge in [-0.3, -0.25) is 4.79 Å². The van der Waals surface area contributed by atoms with E-state index in [1.165, 1.54) is 0 Å². The Kier molecular flexibility index (Phi) is 6.53.